The summed E-state index contributed by atoms with van der Waals surface area (Å²) in [4.78, 5) is 56.5. The SMILES string of the molecule is N[C@H]1CCC2SC[C@@H](C(=O)OC(=O)CN3CN(c4ccccc4)C4(CCNCC4)C3=O)N2C1=O. The summed E-state index contributed by atoms with van der Waals surface area (Å²) in [5.41, 5.74) is 6.07. The van der Waals surface area contributed by atoms with Gasteiger partial charge in [0.2, 0.25) is 5.91 Å². The second-order valence-corrected chi connectivity index (χ2v) is 10.4. The molecule has 4 fully saturated rings. The zero-order chi connectivity index (χ0) is 23.9. The van der Waals surface area contributed by atoms with E-state index in [1.54, 1.807) is 0 Å². The molecule has 2 amide bonds. The number of hydrogen-bond donors (Lipinski definition) is 2. The monoisotopic (exact) mass is 487 g/mol. The van der Waals surface area contributed by atoms with E-state index in [2.05, 4.69) is 10.2 Å². The van der Waals surface area contributed by atoms with Crippen molar-refractivity contribution in [2.75, 3.05) is 37.0 Å². The lowest BCUT2D eigenvalue weighted by atomic mass is 9.86. The topological polar surface area (TPSA) is 125 Å². The van der Waals surface area contributed by atoms with Gasteiger partial charge < -0.3 is 30.5 Å². The molecule has 11 heteroatoms. The van der Waals surface area contributed by atoms with Crippen LogP contribution >= 0.6 is 11.8 Å². The molecule has 0 bridgehead atoms. The molecule has 4 saturated heterocycles. The molecule has 1 spiro atoms. The smallest absolute Gasteiger partial charge is 0.337 e. The number of rotatable bonds is 4. The summed E-state index contributed by atoms with van der Waals surface area (Å²) in [6, 6.07) is 8.21. The van der Waals surface area contributed by atoms with E-state index >= 15 is 0 Å². The number of fused-ring (bicyclic) bond motifs is 1. The Kier molecular flexibility index (Phi) is 6.26. The van der Waals surface area contributed by atoms with Crippen LogP contribution in [0.5, 0.6) is 0 Å². The number of carbonyl (C=O) groups is 4. The summed E-state index contributed by atoms with van der Waals surface area (Å²) in [5.74, 6) is -1.59. The van der Waals surface area contributed by atoms with Crippen molar-refractivity contribution in [1.29, 1.82) is 0 Å². The normalized spacial score (nSPS) is 28.4. The highest BCUT2D eigenvalue weighted by Crippen LogP contribution is 2.38. The molecule has 10 nitrogen and oxygen atoms in total. The second-order valence-electron chi connectivity index (χ2n) is 9.22. The number of carbonyl (C=O) groups excluding carboxylic acids is 4. The highest BCUT2D eigenvalue weighted by molar-refractivity contribution is 8.00. The third kappa shape index (κ3) is 3.95. The highest BCUT2D eigenvalue weighted by Gasteiger charge is 2.53. The minimum Gasteiger partial charge on any atom is -0.390 e. The lowest BCUT2D eigenvalue weighted by molar-refractivity contribution is -0.167. The van der Waals surface area contributed by atoms with Gasteiger partial charge in [0, 0.05) is 11.4 Å². The molecule has 1 unspecified atom stereocenters. The fourth-order valence-corrected chi connectivity index (χ4v) is 6.85. The molecule has 5 rings (SSSR count). The number of nitrogens with one attached hydrogen (secondary N) is 1. The first-order valence-electron chi connectivity index (χ1n) is 11.7. The van der Waals surface area contributed by atoms with Gasteiger partial charge in [0.1, 0.15) is 18.1 Å². The third-order valence-electron chi connectivity index (χ3n) is 7.21. The Morgan fingerprint density at radius 3 is 2.62 bits per heavy atom. The van der Waals surface area contributed by atoms with Crippen molar-refractivity contribution in [3.63, 3.8) is 0 Å². The van der Waals surface area contributed by atoms with Crippen LogP contribution < -0.4 is 16.0 Å². The molecule has 4 aliphatic rings. The Morgan fingerprint density at radius 1 is 1.15 bits per heavy atom. The van der Waals surface area contributed by atoms with Crippen LogP contribution in [0.2, 0.25) is 0 Å². The minimum atomic E-state index is -0.830. The number of nitrogens with zero attached hydrogens (tertiary/aromatic N) is 3. The van der Waals surface area contributed by atoms with Crippen molar-refractivity contribution >= 4 is 41.2 Å². The van der Waals surface area contributed by atoms with E-state index in [1.807, 2.05) is 30.3 Å². The van der Waals surface area contributed by atoms with Crippen LogP contribution in [-0.2, 0) is 23.9 Å². The summed E-state index contributed by atoms with van der Waals surface area (Å²) < 4.78 is 5.14. The fraction of sp³-hybridized carbons (Fsp3) is 0.565. The summed E-state index contributed by atoms with van der Waals surface area (Å²) >= 11 is 1.50. The molecule has 0 aromatic heterocycles. The molecule has 0 aliphatic carbocycles. The van der Waals surface area contributed by atoms with Gasteiger partial charge in [0.25, 0.3) is 5.91 Å². The van der Waals surface area contributed by atoms with Crippen molar-refractivity contribution in [3.05, 3.63) is 30.3 Å². The highest BCUT2D eigenvalue weighted by atomic mass is 32.2. The fourth-order valence-electron chi connectivity index (χ4n) is 5.43. The number of anilines is 1. The Labute approximate surface area is 202 Å². The van der Waals surface area contributed by atoms with Crippen LogP contribution in [0, 0.1) is 0 Å². The number of nitrogens with two attached hydrogens (primary N) is 1. The third-order valence-corrected chi connectivity index (χ3v) is 8.56. The number of benzene rings is 1. The average molecular weight is 488 g/mol. The van der Waals surface area contributed by atoms with Gasteiger partial charge in [0.05, 0.1) is 18.1 Å². The van der Waals surface area contributed by atoms with Gasteiger partial charge in [-0.3, -0.25) is 9.59 Å². The van der Waals surface area contributed by atoms with Gasteiger partial charge in [-0.05, 0) is 50.9 Å². The lowest BCUT2D eigenvalue weighted by Crippen LogP contribution is -2.56. The molecule has 0 radical (unpaired) electrons. The largest absolute Gasteiger partial charge is 0.390 e. The Morgan fingerprint density at radius 2 is 1.88 bits per heavy atom. The molecule has 3 atom stereocenters. The van der Waals surface area contributed by atoms with E-state index in [0.717, 1.165) is 5.69 Å². The molecular weight excluding hydrogens is 458 g/mol. The number of piperidine rings is 2. The molecule has 4 heterocycles. The maximum Gasteiger partial charge on any atom is 0.337 e. The zero-order valence-corrected chi connectivity index (χ0v) is 19.7. The van der Waals surface area contributed by atoms with Gasteiger partial charge in [-0.1, -0.05) is 18.2 Å². The van der Waals surface area contributed by atoms with Crippen molar-refractivity contribution < 1.29 is 23.9 Å². The van der Waals surface area contributed by atoms with Crippen LogP contribution in [0.15, 0.2) is 30.3 Å². The maximum atomic E-state index is 13.5. The van der Waals surface area contributed by atoms with E-state index in [-0.39, 0.29) is 30.4 Å². The van der Waals surface area contributed by atoms with Crippen LogP contribution in [0.4, 0.5) is 5.69 Å². The lowest BCUT2D eigenvalue weighted by Gasteiger charge is -2.40. The number of esters is 2. The van der Waals surface area contributed by atoms with E-state index < -0.39 is 29.6 Å². The second kappa shape index (κ2) is 9.20. The minimum absolute atomic E-state index is 0.112. The molecule has 4 aliphatic heterocycles. The number of amides is 2. The Hall–Kier alpha value is -2.63. The number of para-hydroxylation sites is 1. The first-order valence-corrected chi connectivity index (χ1v) is 12.7. The molecule has 3 N–H and O–H groups in total. The molecular formula is C23H29N5O5S. The quantitative estimate of drug-likeness (QED) is 0.441. The summed E-state index contributed by atoms with van der Waals surface area (Å²) in [5, 5.41) is 3.18. The van der Waals surface area contributed by atoms with E-state index in [1.165, 1.54) is 21.6 Å². The van der Waals surface area contributed by atoms with Gasteiger partial charge in [-0.25, -0.2) is 9.59 Å². The van der Waals surface area contributed by atoms with E-state index in [4.69, 9.17) is 10.5 Å². The molecule has 0 saturated carbocycles. The van der Waals surface area contributed by atoms with Crippen molar-refractivity contribution in [1.82, 2.24) is 15.1 Å². The van der Waals surface area contributed by atoms with Crippen LogP contribution in [0.3, 0.4) is 0 Å². The number of hydrogen-bond acceptors (Lipinski definition) is 9. The predicted molar refractivity (Wildman–Crippen MR) is 126 cm³/mol. The van der Waals surface area contributed by atoms with Crippen LogP contribution in [0.1, 0.15) is 25.7 Å². The standard InChI is InChI=1S/C23H29N5O5S/c24-16-6-7-18-28(20(16)30)17(13-34-18)21(31)33-19(29)12-26-14-27(15-4-2-1-3-5-15)23(22(26)32)8-10-25-11-9-23/h1-5,16-18,25H,6-14,24H2/t16-,17-,18?/m0/s1. The molecule has 182 valence electrons. The van der Waals surface area contributed by atoms with Crippen molar-refractivity contribution in [3.8, 4) is 0 Å². The first kappa shape index (κ1) is 23.1. The maximum absolute atomic E-state index is 13.5. The first-order chi connectivity index (χ1) is 16.4. The van der Waals surface area contributed by atoms with E-state index in [9.17, 15) is 19.2 Å². The van der Waals surface area contributed by atoms with Gasteiger partial charge in [0.15, 0.2) is 0 Å². The molecule has 1 aromatic rings. The van der Waals surface area contributed by atoms with Crippen LogP contribution in [0.25, 0.3) is 0 Å². The number of ether oxygens (including phenoxy) is 1. The van der Waals surface area contributed by atoms with Gasteiger partial charge in [-0.15, -0.1) is 11.8 Å². The van der Waals surface area contributed by atoms with E-state index in [0.29, 0.717) is 44.5 Å². The average Bonchev–Trinajstić information content (AvgIpc) is 3.39. The number of thioether (sulfide) groups is 1. The summed E-state index contributed by atoms with van der Waals surface area (Å²) in [7, 11) is 0. The van der Waals surface area contributed by atoms with Gasteiger partial charge in [-0.2, -0.15) is 0 Å². The Balaban J connectivity index is 1.27. The Bertz CT molecular complexity index is 985. The van der Waals surface area contributed by atoms with Crippen LogP contribution in [-0.4, -0.2) is 88.6 Å². The molecule has 1 aromatic carbocycles. The molecule has 34 heavy (non-hydrogen) atoms. The summed E-state index contributed by atoms with van der Waals surface area (Å²) in [6.45, 7) is 1.34. The summed E-state index contributed by atoms with van der Waals surface area (Å²) in [6.07, 6.45) is 2.55. The van der Waals surface area contributed by atoms with Crippen molar-refractivity contribution in [2.24, 2.45) is 5.73 Å². The van der Waals surface area contributed by atoms with Gasteiger partial charge >= 0.3 is 11.9 Å². The zero-order valence-electron chi connectivity index (χ0n) is 18.9. The van der Waals surface area contributed by atoms with Crippen molar-refractivity contribution in [2.45, 2.75) is 48.7 Å². The predicted octanol–water partition coefficient (Wildman–Crippen LogP) is -0.124.